The van der Waals surface area contributed by atoms with Gasteiger partial charge in [-0.25, -0.2) is 0 Å². The number of rotatable bonds is 6. The van der Waals surface area contributed by atoms with Crippen LogP contribution < -0.4 is 5.32 Å². The van der Waals surface area contributed by atoms with Crippen LogP contribution in [0.5, 0.6) is 0 Å². The second-order valence-electron chi connectivity index (χ2n) is 8.40. The SMILES string of the molecule is Cc1cccc(CN2CCC([C@H](NC(=O)c3ccccc3C)c3ccccn3)CC2)n1. The standard InChI is InChI=1S/C26H30N4O/c1-19-8-3-4-11-23(19)26(31)29-25(24-12-5-6-15-27-24)21-13-16-30(17-14-21)18-22-10-7-9-20(2)28-22/h3-12,15,21,25H,13-14,16-18H2,1-2H3,(H,29,31)/t25-/m0/s1. The zero-order valence-electron chi connectivity index (χ0n) is 18.3. The molecule has 5 nitrogen and oxygen atoms in total. The molecule has 1 aliphatic rings. The Morgan fingerprint density at radius 2 is 1.81 bits per heavy atom. The van der Waals surface area contributed by atoms with Gasteiger partial charge in [-0.1, -0.05) is 30.3 Å². The summed E-state index contributed by atoms with van der Waals surface area (Å²) in [5.41, 5.74) is 4.82. The maximum absolute atomic E-state index is 13.1. The highest BCUT2D eigenvalue weighted by molar-refractivity contribution is 5.95. The average Bonchev–Trinajstić information content (AvgIpc) is 2.79. The summed E-state index contributed by atoms with van der Waals surface area (Å²) in [6.45, 7) is 6.86. The van der Waals surface area contributed by atoms with E-state index >= 15 is 0 Å². The van der Waals surface area contributed by atoms with Crippen LogP contribution in [0.25, 0.3) is 0 Å². The van der Waals surface area contributed by atoms with Crippen LogP contribution in [0.1, 0.15) is 51.9 Å². The molecule has 0 spiro atoms. The minimum absolute atomic E-state index is 0.0276. The van der Waals surface area contributed by atoms with Crippen molar-refractivity contribution in [2.45, 2.75) is 39.3 Å². The first-order chi connectivity index (χ1) is 15.1. The van der Waals surface area contributed by atoms with E-state index in [1.54, 1.807) is 6.20 Å². The Morgan fingerprint density at radius 3 is 2.52 bits per heavy atom. The lowest BCUT2D eigenvalue weighted by atomic mass is 9.87. The lowest BCUT2D eigenvalue weighted by Gasteiger charge is -2.36. The molecule has 3 aromatic rings. The quantitative estimate of drug-likeness (QED) is 0.646. The third-order valence-electron chi connectivity index (χ3n) is 6.12. The predicted molar refractivity (Wildman–Crippen MR) is 123 cm³/mol. The normalized spacial score (nSPS) is 16.1. The largest absolute Gasteiger partial charge is 0.343 e. The Hall–Kier alpha value is -3.05. The molecule has 3 heterocycles. The number of amides is 1. The van der Waals surface area contributed by atoms with Crippen molar-refractivity contribution in [1.29, 1.82) is 0 Å². The van der Waals surface area contributed by atoms with Gasteiger partial charge in [0, 0.05) is 24.0 Å². The molecule has 1 atom stereocenters. The number of carbonyl (C=O) groups is 1. The van der Waals surface area contributed by atoms with Gasteiger partial charge in [-0.3, -0.25) is 19.7 Å². The van der Waals surface area contributed by atoms with E-state index in [4.69, 9.17) is 0 Å². The Labute approximate surface area is 184 Å². The summed E-state index contributed by atoms with van der Waals surface area (Å²) in [4.78, 5) is 24.8. The summed E-state index contributed by atoms with van der Waals surface area (Å²) in [5.74, 6) is 0.324. The molecule has 1 N–H and O–H groups in total. The molecule has 1 aromatic carbocycles. The van der Waals surface area contributed by atoms with Crippen molar-refractivity contribution in [2.75, 3.05) is 13.1 Å². The molecule has 160 valence electrons. The third-order valence-corrected chi connectivity index (χ3v) is 6.12. The van der Waals surface area contributed by atoms with Crippen molar-refractivity contribution in [3.05, 3.63) is 95.1 Å². The van der Waals surface area contributed by atoms with Crippen LogP contribution in [0.4, 0.5) is 0 Å². The Balaban J connectivity index is 1.45. The second kappa shape index (κ2) is 9.84. The van der Waals surface area contributed by atoms with E-state index in [2.05, 4.69) is 32.3 Å². The van der Waals surface area contributed by atoms with Crippen LogP contribution in [0.15, 0.2) is 66.9 Å². The molecule has 4 rings (SSSR count). The fourth-order valence-corrected chi connectivity index (χ4v) is 4.40. The fraction of sp³-hybridized carbons (Fsp3) is 0.346. The van der Waals surface area contributed by atoms with Crippen LogP contribution in [0.3, 0.4) is 0 Å². The highest BCUT2D eigenvalue weighted by atomic mass is 16.1. The second-order valence-corrected chi connectivity index (χ2v) is 8.40. The molecular weight excluding hydrogens is 384 g/mol. The fourth-order valence-electron chi connectivity index (χ4n) is 4.40. The van der Waals surface area contributed by atoms with Gasteiger partial charge in [0.15, 0.2) is 0 Å². The lowest BCUT2D eigenvalue weighted by Crippen LogP contribution is -2.41. The molecule has 1 fully saturated rings. The summed E-state index contributed by atoms with van der Waals surface area (Å²) < 4.78 is 0. The van der Waals surface area contributed by atoms with Crippen LogP contribution in [-0.4, -0.2) is 33.9 Å². The van der Waals surface area contributed by atoms with E-state index in [-0.39, 0.29) is 11.9 Å². The monoisotopic (exact) mass is 414 g/mol. The van der Waals surface area contributed by atoms with Gasteiger partial charge in [0.05, 0.1) is 17.4 Å². The zero-order valence-corrected chi connectivity index (χ0v) is 18.3. The molecule has 0 aliphatic carbocycles. The van der Waals surface area contributed by atoms with Gasteiger partial charge in [-0.05, 0) is 81.6 Å². The van der Waals surface area contributed by atoms with Crippen molar-refractivity contribution < 1.29 is 4.79 Å². The number of likely N-dealkylation sites (tertiary alicyclic amines) is 1. The summed E-state index contributed by atoms with van der Waals surface area (Å²) >= 11 is 0. The maximum Gasteiger partial charge on any atom is 0.252 e. The van der Waals surface area contributed by atoms with Crippen molar-refractivity contribution in [3.8, 4) is 0 Å². The van der Waals surface area contributed by atoms with Crippen molar-refractivity contribution in [1.82, 2.24) is 20.2 Å². The molecule has 31 heavy (non-hydrogen) atoms. The van der Waals surface area contributed by atoms with E-state index in [0.29, 0.717) is 5.92 Å². The minimum Gasteiger partial charge on any atom is -0.343 e. The van der Waals surface area contributed by atoms with Crippen molar-refractivity contribution >= 4 is 5.91 Å². The van der Waals surface area contributed by atoms with E-state index in [0.717, 1.165) is 60.7 Å². The molecule has 0 unspecified atom stereocenters. The Morgan fingerprint density at radius 1 is 1.03 bits per heavy atom. The molecule has 0 saturated carbocycles. The average molecular weight is 415 g/mol. The number of nitrogens with one attached hydrogen (secondary N) is 1. The summed E-state index contributed by atoms with van der Waals surface area (Å²) in [6.07, 6.45) is 3.84. The first-order valence-electron chi connectivity index (χ1n) is 11.0. The maximum atomic E-state index is 13.1. The van der Waals surface area contributed by atoms with Crippen LogP contribution >= 0.6 is 0 Å². The minimum atomic E-state index is -0.0902. The van der Waals surface area contributed by atoms with Gasteiger partial charge in [0.2, 0.25) is 0 Å². The number of benzene rings is 1. The molecular formula is C26H30N4O. The van der Waals surface area contributed by atoms with E-state index in [1.807, 2.05) is 62.4 Å². The number of piperidine rings is 1. The number of pyridine rings is 2. The van der Waals surface area contributed by atoms with E-state index < -0.39 is 0 Å². The van der Waals surface area contributed by atoms with Crippen molar-refractivity contribution in [3.63, 3.8) is 0 Å². The van der Waals surface area contributed by atoms with Gasteiger partial charge in [-0.15, -0.1) is 0 Å². The zero-order chi connectivity index (χ0) is 21.6. The van der Waals surface area contributed by atoms with Crippen LogP contribution in [0.2, 0.25) is 0 Å². The number of nitrogens with zero attached hydrogens (tertiary/aromatic N) is 3. The number of aromatic nitrogens is 2. The highest BCUT2D eigenvalue weighted by Crippen LogP contribution is 2.31. The van der Waals surface area contributed by atoms with E-state index in [9.17, 15) is 4.79 Å². The number of carbonyl (C=O) groups excluding carboxylic acids is 1. The van der Waals surface area contributed by atoms with Gasteiger partial charge in [-0.2, -0.15) is 0 Å². The van der Waals surface area contributed by atoms with Crippen molar-refractivity contribution in [2.24, 2.45) is 5.92 Å². The summed E-state index contributed by atoms with van der Waals surface area (Å²) in [6, 6.07) is 19.8. The number of aryl methyl sites for hydroxylation is 2. The molecule has 5 heteroatoms. The molecule has 0 radical (unpaired) electrons. The molecule has 2 aromatic heterocycles. The third kappa shape index (κ3) is 5.36. The first-order valence-corrected chi connectivity index (χ1v) is 11.0. The van der Waals surface area contributed by atoms with Gasteiger partial charge in [0.25, 0.3) is 5.91 Å². The molecule has 1 aliphatic heterocycles. The smallest absolute Gasteiger partial charge is 0.252 e. The number of hydrogen-bond donors (Lipinski definition) is 1. The van der Waals surface area contributed by atoms with E-state index in [1.165, 1.54) is 0 Å². The van der Waals surface area contributed by atoms with Gasteiger partial charge in [0.1, 0.15) is 0 Å². The summed E-state index contributed by atoms with van der Waals surface area (Å²) in [7, 11) is 0. The first kappa shape index (κ1) is 21.2. The van der Waals surface area contributed by atoms with Crippen LogP contribution in [0, 0.1) is 19.8 Å². The predicted octanol–water partition coefficient (Wildman–Crippen LogP) is 4.48. The highest BCUT2D eigenvalue weighted by Gasteiger charge is 2.30. The van der Waals surface area contributed by atoms with Gasteiger partial charge >= 0.3 is 0 Å². The Kier molecular flexibility index (Phi) is 6.73. The van der Waals surface area contributed by atoms with Gasteiger partial charge < -0.3 is 5.32 Å². The number of hydrogen-bond acceptors (Lipinski definition) is 4. The lowest BCUT2D eigenvalue weighted by molar-refractivity contribution is 0.0887. The topological polar surface area (TPSA) is 58.1 Å². The Bertz CT molecular complexity index is 1010. The molecule has 1 amide bonds. The molecule has 0 bridgehead atoms. The van der Waals surface area contributed by atoms with Crippen LogP contribution in [-0.2, 0) is 6.54 Å². The molecule has 1 saturated heterocycles. The summed E-state index contributed by atoms with van der Waals surface area (Å²) in [5, 5.41) is 3.30.